The third kappa shape index (κ3) is 3.50. The van der Waals surface area contributed by atoms with Gasteiger partial charge in [-0.15, -0.1) is 11.3 Å². The number of rotatable bonds is 5. The van der Waals surface area contributed by atoms with E-state index in [9.17, 15) is 8.78 Å². The Bertz CT molecular complexity index is 940. The molecule has 0 fully saturated rings. The minimum atomic E-state index is -2.83. The summed E-state index contributed by atoms with van der Waals surface area (Å²) < 4.78 is 28.7. The van der Waals surface area contributed by atoms with Gasteiger partial charge >= 0.3 is 6.61 Å². The van der Waals surface area contributed by atoms with Crippen molar-refractivity contribution in [2.24, 2.45) is 5.10 Å². The average Bonchev–Trinajstić information content (AvgIpc) is 3.02. The third-order valence-electron chi connectivity index (χ3n) is 4.24. The van der Waals surface area contributed by atoms with Crippen molar-refractivity contribution in [2.45, 2.75) is 32.3 Å². The number of anilines is 1. The Labute approximate surface area is 152 Å². The number of nitrogens with zero attached hydrogens (tertiary/aromatic N) is 3. The third-order valence-corrected chi connectivity index (χ3v) is 5.44. The summed E-state index contributed by atoms with van der Waals surface area (Å²) in [5.74, 6) is 0.816. The van der Waals surface area contributed by atoms with Crippen LogP contribution in [0.5, 0.6) is 5.75 Å². The Morgan fingerprint density at radius 3 is 2.77 bits per heavy atom. The number of hydrazone groups is 1. The predicted octanol–water partition coefficient (Wildman–Crippen LogP) is 4.62. The average molecular weight is 374 g/mol. The second kappa shape index (κ2) is 7.33. The second-order valence-electron chi connectivity index (χ2n) is 5.93. The van der Waals surface area contributed by atoms with Gasteiger partial charge in [0.05, 0.1) is 11.6 Å². The van der Waals surface area contributed by atoms with Gasteiger partial charge in [0.15, 0.2) is 5.82 Å². The maximum Gasteiger partial charge on any atom is 0.387 e. The lowest BCUT2D eigenvalue weighted by atomic mass is 9.97. The maximum atomic E-state index is 12.2. The topological polar surface area (TPSA) is 59.4 Å². The molecule has 0 saturated heterocycles. The van der Waals surface area contributed by atoms with Crippen molar-refractivity contribution in [1.29, 1.82) is 0 Å². The highest BCUT2D eigenvalue weighted by molar-refractivity contribution is 7.19. The highest BCUT2D eigenvalue weighted by atomic mass is 32.1. The van der Waals surface area contributed by atoms with Crippen molar-refractivity contribution >= 4 is 33.6 Å². The van der Waals surface area contributed by atoms with Gasteiger partial charge in [0.2, 0.25) is 0 Å². The summed E-state index contributed by atoms with van der Waals surface area (Å²) in [7, 11) is 0. The van der Waals surface area contributed by atoms with Gasteiger partial charge in [-0.3, -0.25) is 5.43 Å². The molecule has 8 heteroatoms. The van der Waals surface area contributed by atoms with Crippen LogP contribution in [0, 0.1) is 0 Å². The molecule has 0 bridgehead atoms. The first-order valence-corrected chi connectivity index (χ1v) is 9.11. The van der Waals surface area contributed by atoms with E-state index in [0.29, 0.717) is 5.82 Å². The Kier molecular flexibility index (Phi) is 4.75. The molecule has 0 amide bonds. The van der Waals surface area contributed by atoms with Gasteiger partial charge < -0.3 is 4.74 Å². The zero-order chi connectivity index (χ0) is 17.9. The van der Waals surface area contributed by atoms with Crippen LogP contribution in [0.2, 0.25) is 0 Å². The van der Waals surface area contributed by atoms with E-state index < -0.39 is 6.61 Å². The first-order chi connectivity index (χ1) is 12.7. The summed E-state index contributed by atoms with van der Waals surface area (Å²) in [5, 5.41) is 5.29. The van der Waals surface area contributed by atoms with E-state index in [0.717, 1.165) is 28.6 Å². The lowest BCUT2D eigenvalue weighted by Crippen LogP contribution is -2.02. The van der Waals surface area contributed by atoms with Gasteiger partial charge in [-0.05, 0) is 61.1 Å². The van der Waals surface area contributed by atoms with E-state index in [1.807, 2.05) is 0 Å². The zero-order valence-corrected chi connectivity index (χ0v) is 14.6. The molecule has 1 aliphatic rings. The summed E-state index contributed by atoms with van der Waals surface area (Å²) in [6.07, 6.45) is 7.71. The largest absolute Gasteiger partial charge is 0.435 e. The lowest BCUT2D eigenvalue weighted by Gasteiger charge is -2.11. The molecule has 1 aromatic carbocycles. The zero-order valence-electron chi connectivity index (χ0n) is 13.8. The van der Waals surface area contributed by atoms with Crippen LogP contribution in [-0.2, 0) is 12.8 Å². The van der Waals surface area contributed by atoms with Crippen LogP contribution >= 0.6 is 11.3 Å². The van der Waals surface area contributed by atoms with E-state index in [4.69, 9.17) is 0 Å². The van der Waals surface area contributed by atoms with Gasteiger partial charge in [0.25, 0.3) is 0 Å². The molecule has 1 N–H and O–H groups in total. The molecule has 0 atom stereocenters. The van der Waals surface area contributed by atoms with Crippen molar-refractivity contribution in [3.05, 3.63) is 46.6 Å². The van der Waals surface area contributed by atoms with E-state index in [2.05, 4.69) is 25.2 Å². The smallest absolute Gasteiger partial charge is 0.387 e. The molecule has 2 aromatic heterocycles. The number of hydrogen-bond acceptors (Lipinski definition) is 6. The minimum Gasteiger partial charge on any atom is -0.435 e. The van der Waals surface area contributed by atoms with Crippen molar-refractivity contribution in [1.82, 2.24) is 9.97 Å². The molecule has 2 heterocycles. The number of aromatic nitrogens is 2. The fourth-order valence-corrected chi connectivity index (χ4v) is 4.31. The lowest BCUT2D eigenvalue weighted by molar-refractivity contribution is -0.0498. The summed E-state index contributed by atoms with van der Waals surface area (Å²) in [4.78, 5) is 11.1. The SMILES string of the molecule is FC(F)Oc1ccc(/C=N/Nc2ncnc3sc4c(c23)CCCC4)cc1. The number of thiophene rings is 1. The first-order valence-electron chi connectivity index (χ1n) is 8.30. The van der Waals surface area contributed by atoms with Crippen LogP contribution in [0.25, 0.3) is 10.2 Å². The highest BCUT2D eigenvalue weighted by Crippen LogP contribution is 2.38. The van der Waals surface area contributed by atoms with Gasteiger partial charge in [-0.25, -0.2) is 9.97 Å². The molecular formula is C18H16F2N4OS. The number of aryl methyl sites for hydroxylation is 2. The number of fused-ring (bicyclic) bond motifs is 3. The van der Waals surface area contributed by atoms with Gasteiger partial charge in [0, 0.05) is 4.88 Å². The van der Waals surface area contributed by atoms with Crippen molar-refractivity contribution in [2.75, 3.05) is 5.43 Å². The molecule has 26 heavy (non-hydrogen) atoms. The molecule has 0 radical (unpaired) electrons. The van der Waals surface area contributed by atoms with Crippen LogP contribution in [0.4, 0.5) is 14.6 Å². The Morgan fingerprint density at radius 1 is 1.15 bits per heavy atom. The minimum absolute atomic E-state index is 0.118. The number of hydrogen-bond donors (Lipinski definition) is 1. The molecule has 5 nitrogen and oxygen atoms in total. The van der Waals surface area contributed by atoms with Crippen LogP contribution in [0.15, 0.2) is 35.7 Å². The molecule has 0 spiro atoms. The van der Waals surface area contributed by atoms with Crippen LogP contribution < -0.4 is 10.2 Å². The van der Waals surface area contributed by atoms with Crippen LogP contribution in [0.3, 0.4) is 0 Å². The summed E-state index contributed by atoms with van der Waals surface area (Å²) in [6.45, 7) is -2.83. The molecule has 134 valence electrons. The van der Waals surface area contributed by atoms with Crippen molar-refractivity contribution in [3.63, 3.8) is 0 Å². The monoisotopic (exact) mass is 374 g/mol. The van der Waals surface area contributed by atoms with Crippen LogP contribution in [0.1, 0.15) is 28.8 Å². The fraction of sp³-hybridized carbons (Fsp3) is 0.278. The normalized spacial score (nSPS) is 14.1. The second-order valence-corrected chi connectivity index (χ2v) is 7.01. The number of halogens is 2. The number of ether oxygens (including phenoxy) is 1. The summed E-state index contributed by atoms with van der Waals surface area (Å²) in [6, 6.07) is 6.27. The summed E-state index contributed by atoms with van der Waals surface area (Å²) in [5.41, 5.74) is 5.09. The first kappa shape index (κ1) is 16.8. The van der Waals surface area contributed by atoms with Crippen molar-refractivity contribution < 1.29 is 13.5 Å². The predicted molar refractivity (Wildman–Crippen MR) is 98.3 cm³/mol. The number of benzene rings is 1. The standard InChI is InChI=1S/C18H16F2N4OS/c19-18(20)25-12-7-5-11(6-8-12)9-23-24-16-15-13-3-1-2-4-14(13)26-17(15)22-10-21-16/h5-10,18H,1-4H2,(H,21,22,24)/b23-9+. The van der Waals surface area contributed by atoms with Crippen molar-refractivity contribution in [3.8, 4) is 5.75 Å². The Hall–Kier alpha value is -2.61. The van der Waals surface area contributed by atoms with Gasteiger partial charge in [0.1, 0.15) is 16.9 Å². The number of nitrogens with one attached hydrogen (secondary N) is 1. The Morgan fingerprint density at radius 2 is 1.96 bits per heavy atom. The van der Waals surface area contributed by atoms with E-state index >= 15 is 0 Å². The molecular weight excluding hydrogens is 358 g/mol. The van der Waals surface area contributed by atoms with Crippen LogP contribution in [-0.4, -0.2) is 22.8 Å². The van der Waals surface area contributed by atoms with Gasteiger partial charge in [-0.2, -0.15) is 13.9 Å². The molecule has 0 unspecified atom stereocenters. The van der Waals surface area contributed by atoms with Gasteiger partial charge in [-0.1, -0.05) is 0 Å². The quantitative estimate of drug-likeness (QED) is 0.523. The molecule has 0 saturated carbocycles. The van der Waals surface area contributed by atoms with E-state index in [1.54, 1.807) is 36.0 Å². The fourth-order valence-electron chi connectivity index (χ4n) is 3.08. The maximum absolute atomic E-state index is 12.2. The van der Waals surface area contributed by atoms with E-state index in [-0.39, 0.29) is 5.75 Å². The summed E-state index contributed by atoms with van der Waals surface area (Å²) >= 11 is 1.73. The molecule has 0 aliphatic heterocycles. The molecule has 3 aromatic rings. The van der Waals surface area contributed by atoms with E-state index in [1.165, 1.54) is 35.4 Å². The molecule has 4 rings (SSSR count). The highest BCUT2D eigenvalue weighted by Gasteiger charge is 2.19. The molecule has 1 aliphatic carbocycles. The number of alkyl halides is 2. The Balaban J connectivity index is 1.52.